The molecule has 3 heteroatoms. The molecule has 0 aromatic heterocycles. The molecule has 17 heavy (non-hydrogen) atoms. The van der Waals surface area contributed by atoms with E-state index in [1.54, 1.807) is 0 Å². The maximum atomic E-state index is 6.12. The van der Waals surface area contributed by atoms with E-state index in [9.17, 15) is 0 Å². The van der Waals surface area contributed by atoms with Gasteiger partial charge in [-0.2, -0.15) is 0 Å². The van der Waals surface area contributed by atoms with Gasteiger partial charge < -0.3 is 10.6 Å². The summed E-state index contributed by atoms with van der Waals surface area (Å²) in [6.45, 7) is 1.92. The first kappa shape index (κ1) is 10.8. The average molecular weight is 229 g/mol. The van der Waals surface area contributed by atoms with Gasteiger partial charge >= 0.3 is 0 Å². The van der Waals surface area contributed by atoms with Crippen LogP contribution in [0.5, 0.6) is 0 Å². The van der Waals surface area contributed by atoms with Crippen molar-refractivity contribution in [2.45, 2.75) is 31.2 Å². The zero-order valence-electron chi connectivity index (χ0n) is 10.1. The standard InChI is InChI=1S/C14H19N3/c15-14(6-7-14)5-4-12-2-1-3-13(10-12)17-9-8-16-11-17/h1-3,10-11H,4-9,15H2. The highest BCUT2D eigenvalue weighted by Gasteiger charge is 2.37. The lowest BCUT2D eigenvalue weighted by atomic mass is 10.0. The quantitative estimate of drug-likeness (QED) is 0.857. The first-order valence-electron chi connectivity index (χ1n) is 6.40. The lowest BCUT2D eigenvalue weighted by Gasteiger charge is -2.15. The number of hydrogen-bond acceptors (Lipinski definition) is 3. The zero-order chi connectivity index (χ0) is 11.7. The predicted molar refractivity (Wildman–Crippen MR) is 71.6 cm³/mol. The summed E-state index contributed by atoms with van der Waals surface area (Å²) in [5, 5.41) is 0. The molecule has 90 valence electrons. The van der Waals surface area contributed by atoms with Crippen LogP contribution in [0, 0.1) is 0 Å². The largest absolute Gasteiger partial charge is 0.331 e. The third kappa shape index (κ3) is 2.50. The highest BCUT2D eigenvalue weighted by atomic mass is 15.2. The first-order chi connectivity index (χ1) is 8.25. The Hall–Kier alpha value is -1.35. The molecule has 1 aliphatic carbocycles. The molecule has 1 aromatic rings. The van der Waals surface area contributed by atoms with Crippen molar-refractivity contribution >= 4 is 12.0 Å². The van der Waals surface area contributed by atoms with Crippen molar-refractivity contribution in [2.75, 3.05) is 18.0 Å². The van der Waals surface area contributed by atoms with Gasteiger partial charge in [0.1, 0.15) is 0 Å². The van der Waals surface area contributed by atoms with Crippen LogP contribution in [0.2, 0.25) is 0 Å². The topological polar surface area (TPSA) is 41.6 Å². The Morgan fingerprint density at radius 2 is 2.24 bits per heavy atom. The molecule has 0 saturated heterocycles. The van der Waals surface area contributed by atoms with Crippen molar-refractivity contribution in [1.82, 2.24) is 0 Å². The molecule has 2 aliphatic rings. The van der Waals surface area contributed by atoms with Crippen LogP contribution in [-0.2, 0) is 6.42 Å². The number of hydrogen-bond donors (Lipinski definition) is 1. The second kappa shape index (κ2) is 4.15. The number of anilines is 1. The van der Waals surface area contributed by atoms with Gasteiger partial charge in [-0.3, -0.25) is 4.99 Å². The summed E-state index contributed by atoms with van der Waals surface area (Å²) in [5.74, 6) is 0. The molecule has 1 aliphatic heterocycles. The molecule has 0 bridgehead atoms. The van der Waals surface area contributed by atoms with Gasteiger partial charge in [0, 0.05) is 17.8 Å². The van der Waals surface area contributed by atoms with Gasteiger partial charge in [-0.1, -0.05) is 12.1 Å². The molecular weight excluding hydrogens is 210 g/mol. The van der Waals surface area contributed by atoms with Crippen LogP contribution in [0.3, 0.4) is 0 Å². The van der Waals surface area contributed by atoms with Gasteiger partial charge in [-0.05, 0) is 43.4 Å². The Morgan fingerprint density at radius 1 is 1.35 bits per heavy atom. The van der Waals surface area contributed by atoms with Crippen molar-refractivity contribution < 1.29 is 0 Å². The van der Waals surface area contributed by atoms with Crippen molar-refractivity contribution in [1.29, 1.82) is 0 Å². The monoisotopic (exact) mass is 229 g/mol. The molecule has 0 atom stereocenters. The number of nitrogens with two attached hydrogens (primary N) is 1. The van der Waals surface area contributed by atoms with E-state index >= 15 is 0 Å². The third-order valence-electron chi connectivity index (χ3n) is 3.74. The molecule has 1 aromatic carbocycles. The second-order valence-corrected chi connectivity index (χ2v) is 5.25. The Balaban J connectivity index is 1.67. The molecule has 1 heterocycles. The minimum absolute atomic E-state index is 0.158. The maximum absolute atomic E-state index is 6.12. The van der Waals surface area contributed by atoms with Crippen LogP contribution in [0.4, 0.5) is 5.69 Å². The summed E-state index contributed by atoms with van der Waals surface area (Å²) >= 11 is 0. The van der Waals surface area contributed by atoms with Crippen molar-refractivity contribution in [3.05, 3.63) is 29.8 Å². The van der Waals surface area contributed by atoms with E-state index in [2.05, 4.69) is 34.2 Å². The van der Waals surface area contributed by atoms with Gasteiger partial charge in [0.15, 0.2) is 0 Å². The molecular formula is C14H19N3. The predicted octanol–water partition coefficient (Wildman–Crippen LogP) is 1.96. The fourth-order valence-corrected chi connectivity index (χ4v) is 2.27. The van der Waals surface area contributed by atoms with Crippen LogP contribution in [-0.4, -0.2) is 25.0 Å². The lowest BCUT2D eigenvalue weighted by molar-refractivity contribution is 0.609. The summed E-state index contributed by atoms with van der Waals surface area (Å²) in [7, 11) is 0. The van der Waals surface area contributed by atoms with E-state index in [4.69, 9.17) is 5.73 Å². The Bertz CT molecular complexity index is 435. The summed E-state index contributed by atoms with van der Waals surface area (Å²) < 4.78 is 0. The Morgan fingerprint density at radius 3 is 2.94 bits per heavy atom. The van der Waals surface area contributed by atoms with E-state index in [1.807, 2.05) is 6.34 Å². The first-order valence-corrected chi connectivity index (χ1v) is 6.40. The highest BCUT2D eigenvalue weighted by molar-refractivity contribution is 5.81. The van der Waals surface area contributed by atoms with Crippen LogP contribution in [0.15, 0.2) is 29.3 Å². The number of aryl methyl sites for hydroxylation is 1. The van der Waals surface area contributed by atoms with Crippen molar-refractivity contribution in [2.24, 2.45) is 10.7 Å². The summed E-state index contributed by atoms with van der Waals surface area (Å²) in [4.78, 5) is 6.45. The zero-order valence-corrected chi connectivity index (χ0v) is 10.1. The van der Waals surface area contributed by atoms with E-state index in [-0.39, 0.29) is 5.54 Å². The Labute approximate surface area is 102 Å². The fraction of sp³-hybridized carbons (Fsp3) is 0.500. The SMILES string of the molecule is NC1(CCc2cccc(N3C=NCC3)c2)CC1. The van der Waals surface area contributed by atoms with Crippen LogP contribution < -0.4 is 10.6 Å². The van der Waals surface area contributed by atoms with Gasteiger partial charge in [0.2, 0.25) is 0 Å². The van der Waals surface area contributed by atoms with E-state index in [0.717, 1.165) is 25.9 Å². The van der Waals surface area contributed by atoms with E-state index in [1.165, 1.54) is 24.1 Å². The number of nitrogens with zero attached hydrogens (tertiary/aromatic N) is 2. The molecule has 2 N–H and O–H groups in total. The van der Waals surface area contributed by atoms with Crippen LogP contribution in [0.25, 0.3) is 0 Å². The molecule has 0 spiro atoms. The smallest absolute Gasteiger partial charge is 0.0895 e. The number of benzene rings is 1. The number of rotatable bonds is 4. The molecule has 0 amide bonds. The minimum atomic E-state index is 0.158. The molecule has 3 rings (SSSR count). The van der Waals surface area contributed by atoms with Crippen molar-refractivity contribution in [3.8, 4) is 0 Å². The average Bonchev–Trinajstić information content (AvgIpc) is 2.88. The lowest BCUT2D eigenvalue weighted by Crippen LogP contribution is -2.22. The molecule has 3 nitrogen and oxygen atoms in total. The maximum Gasteiger partial charge on any atom is 0.0895 e. The highest BCUT2D eigenvalue weighted by Crippen LogP contribution is 2.36. The summed E-state index contributed by atoms with van der Waals surface area (Å²) in [6.07, 6.45) is 6.54. The normalized spacial score (nSPS) is 20.9. The third-order valence-corrected chi connectivity index (χ3v) is 3.74. The minimum Gasteiger partial charge on any atom is -0.331 e. The number of aliphatic imine (C=N–C) groups is 1. The Kier molecular flexibility index (Phi) is 2.63. The molecule has 1 fully saturated rings. The van der Waals surface area contributed by atoms with E-state index in [0.29, 0.717) is 0 Å². The van der Waals surface area contributed by atoms with Gasteiger partial charge in [0.25, 0.3) is 0 Å². The van der Waals surface area contributed by atoms with Crippen LogP contribution >= 0.6 is 0 Å². The van der Waals surface area contributed by atoms with Crippen LogP contribution in [0.1, 0.15) is 24.8 Å². The summed E-state index contributed by atoms with van der Waals surface area (Å²) in [6, 6.07) is 8.74. The van der Waals surface area contributed by atoms with Crippen molar-refractivity contribution in [3.63, 3.8) is 0 Å². The molecule has 0 radical (unpaired) electrons. The second-order valence-electron chi connectivity index (χ2n) is 5.25. The molecule has 0 unspecified atom stereocenters. The van der Waals surface area contributed by atoms with Gasteiger partial charge in [-0.25, -0.2) is 0 Å². The summed E-state index contributed by atoms with van der Waals surface area (Å²) in [5.41, 5.74) is 8.92. The fourth-order valence-electron chi connectivity index (χ4n) is 2.27. The van der Waals surface area contributed by atoms with Gasteiger partial charge in [-0.15, -0.1) is 0 Å². The van der Waals surface area contributed by atoms with Gasteiger partial charge in [0.05, 0.1) is 12.9 Å². The molecule has 1 saturated carbocycles. The van der Waals surface area contributed by atoms with E-state index < -0.39 is 0 Å².